The highest BCUT2D eigenvalue weighted by Crippen LogP contribution is 2.27. The fourth-order valence-electron chi connectivity index (χ4n) is 2.73. The Bertz CT molecular complexity index is 954. The number of nitrogens with one attached hydrogen (secondary N) is 2. The second-order valence-electron chi connectivity index (χ2n) is 6.22. The summed E-state index contributed by atoms with van der Waals surface area (Å²) in [7, 11) is 1.89. The van der Waals surface area contributed by atoms with E-state index in [1.54, 1.807) is 29.6 Å². The normalized spacial score (nSPS) is 12.0. The molecule has 0 aliphatic rings. The van der Waals surface area contributed by atoms with Gasteiger partial charge in [0.1, 0.15) is 5.82 Å². The lowest BCUT2D eigenvalue weighted by molar-refractivity contribution is 0.252. The van der Waals surface area contributed by atoms with E-state index in [1.807, 2.05) is 25.8 Å². The molecule has 1 aromatic carbocycles. The van der Waals surface area contributed by atoms with Crippen molar-refractivity contribution in [1.82, 2.24) is 25.1 Å². The van der Waals surface area contributed by atoms with Crippen molar-refractivity contribution in [2.45, 2.75) is 26.8 Å². The second-order valence-corrected chi connectivity index (χ2v) is 6.22. The Balaban J connectivity index is 1.98. The number of anilines is 2. The zero-order valence-corrected chi connectivity index (χ0v) is 15.7. The number of carbonyl (C=O) groups is 1. The van der Waals surface area contributed by atoms with E-state index in [9.17, 15) is 9.18 Å². The smallest absolute Gasteiger partial charge is 0.319 e. The van der Waals surface area contributed by atoms with E-state index >= 15 is 0 Å². The quantitative estimate of drug-likeness (QED) is 0.720. The first-order valence-electron chi connectivity index (χ1n) is 8.67. The lowest BCUT2D eigenvalue weighted by atomic mass is 10.1. The van der Waals surface area contributed by atoms with E-state index in [-0.39, 0.29) is 17.9 Å². The van der Waals surface area contributed by atoms with E-state index in [0.717, 1.165) is 5.56 Å². The van der Waals surface area contributed by atoms with Crippen LogP contribution in [-0.2, 0) is 0 Å². The molecule has 1 atom stereocenters. The summed E-state index contributed by atoms with van der Waals surface area (Å²) < 4.78 is 14.8. The SMILES string of the molecule is CCNC(=O)Nc1cc(N(C)C(C)c2ccc(F)cc2)nn2c(C)nnc12. The molecule has 0 fully saturated rings. The van der Waals surface area contributed by atoms with Crippen molar-refractivity contribution < 1.29 is 9.18 Å². The molecular weight excluding hydrogens is 349 g/mol. The summed E-state index contributed by atoms with van der Waals surface area (Å²) in [5.41, 5.74) is 1.91. The summed E-state index contributed by atoms with van der Waals surface area (Å²) in [6.45, 7) is 6.13. The van der Waals surface area contributed by atoms with Crippen LogP contribution in [0.1, 0.15) is 31.3 Å². The maximum absolute atomic E-state index is 13.2. The molecule has 3 aromatic rings. The molecule has 2 heterocycles. The topological polar surface area (TPSA) is 87.5 Å². The average Bonchev–Trinajstić information content (AvgIpc) is 3.02. The lowest BCUT2D eigenvalue weighted by Gasteiger charge is -2.26. The van der Waals surface area contributed by atoms with E-state index < -0.39 is 0 Å². The third kappa shape index (κ3) is 3.81. The van der Waals surface area contributed by atoms with Crippen molar-refractivity contribution in [2.24, 2.45) is 0 Å². The largest absolute Gasteiger partial charge is 0.351 e. The minimum absolute atomic E-state index is 0.0651. The summed E-state index contributed by atoms with van der Waals surface area (Å²) in [6.07, 6.45) is 0. The molecule has 9 heteroatoms. The monoisotopic (exact) mass is 371 g/mol. The van der Waals surface area contributed by atoms with Crippen LogP contribution in [0.15, 0.2) is 30.3 Å². The van der Waals surface area contributed by atoms with Crippen LogP contribution >= 0.6 is 0 Å². The number of halogens is 1. The van der Waals surface area contributed by atoms with Crippen LogP contribution in [0.4, 0.5) is 20.7 Å². The van der Waals surface area contributed by atoms with E-state index in [2.05, 4.69) is 25.9 Å². The fourth-order valence-corrected chi connectivity index (χ4v) is 2.73. The van der Waals surface area contributed by atoms with Crippen molar-refractivity contribution in [1.29, 1.82) is 0 Å². The molecule has 0 saturated carbocycles. The molecule has 1 unspecified atom stereocenters. The van der Waals surface area contributed by atoms with Crippen molar-refractivity contribution in [3.05, 3.63) is 47.5 Å². The molecule has 0 bridgehead atoms. The first-order valence-corrected chi connectivity index (χ1v) is 8.67. The maximum Gasteiger partial charge on any atom is 0.319 e. The maximum atomic E-state index is 13.2. The molecule has 8 nitrogen and oxygen atoms in total. The molecule has 0 aliphatic heterocycles. The van der Waals surface area contributed by atoms with Crippen LogP contribution in [0.25, 0.3) is 5.65 Å². The third-order valence-electron chi connectivity index (χ3n) is 4.39. The molecule has 2 N–H and O–H groups in total. The van der Waals surface area contributed by atoms with Crippen molar-refractivity contribution in [2.75, 3.05) is 23.8 Å². The van der Waals surface area contributed by atoms with Crippen LogP contribution in [-0.4, -0.2) is 39.4 Å². The highest BCUT2D eigenvalue weighted by Gasteiger charge is 2.18. The van der Waals surface area contributed by atoms with Gasteiger partial charge in [0.05, 0.1) is 11.7 Å². The molecule has 3 rings (SSSR count). The summed E-state index contributed by atoms with van der Waals surface area (Å²) >= 11 is 0. The zero-order valence-electron chi connectivity index (χ0n) is 15.7. The van der Waals surface area contributed by atoms with E-state index in [4.69, 9.17) is 0 Å². The van der Waals surface area contributed by atoms with Gasteiger partial charge < -0.3 is 15.5 Å². The zero-order chi connectivity index (χ0) is 19.6. The van der Waals surface area contributed by atoms with Crippen LogP contribution in [0.5, 0.6) is 0 Å². The van der Waals surface area contributed by atoms with Gasteiger partial charge in [0, 0.05) is 19.7 Å². The van der Waals surface area contributed by atoms with Gasteiger partial charge >= 0.3 is 6.03 Å². The van der Waals surface area contributed by atoms with Gasteiger partial charge in [-0.25, -0.2) is 9.18 Å². The summed E-state index contributed by atoms with van der Waals surface area (Å²) in [5, 5.41) is 18.2. The fraction of sp³-hybridized carbons (Fsp3) is 0.333. The van der Waals surface area contributed by atoms with Gasteiger partial charge in [-0.15, -0.1) is 15.3 Å². The average molecular weight is 371 g/mol. The molecule has 2 aromatic heterocycles. The molecular formula is C18H22FN7O. The van der Waals surface area contributed by atoms with Gasteiger partial charge in [-0.2, -0.15) is 4.52 Å². The van der Waals surface area contributed by atoms with Gasteiger partial charge in [-0.05, 0) is 38.5 Å². The summed E-state index contributed by atoms with van der Waals surface area (Å²) in [4.78, 5) is 13.9. The molecule has 0 spiro atoms. The Morgan fingerprint density at radius 2 is 2.00 bits per heavy atom. The number of hydrogen-bond acceptors (Lipinski definition) is 5. The number of benzene rings is 1. The Morgan fingerprint density at radius 1 is 1.30 bits per heavy atom. The number of aromatic nitrogens is 4. The number of nitrogens with zero attached hydrogens (tertiary/aromatic N) is 5. The Morgan fingerprint density at radius 3 is 2.67 bits per heavy atom. The Kier molecular flexibility index (Phi) is 5.20. The van der Waals surface area contributed by atoms with Gasteiger partial charge in [-0.3, -0.25) is 0 Å². The number of hydrogen-bond donors (Lipinski definition) is 2. The van der Waals surface area contributed by atoms with Gasteiger partial charge in [0.25, 0.3) is 0 Å². The number of carbonyl (C=O) groups excluding carboxylic acids is 1. The molecule has 0 saturated heterocycles. The van der Waals surface area contributed by atoms with E-state index in [0.29, 0.717) is 29.5 Å². The minimum Gasteiger partial charge on any atom is -0.351 e. The predicted octanol–water partition coefficient (Wildman–Crippen LogP) is 2.91. The number of aryl methyl sites for hydroxylation is 1. The first kappa shape index (κ1) is 18.6. The second kappa shape index (κ2) is 7.56. The number of rotatable bonds is 5. The molecule has 0 aliphatic carbocycles. The molecule has 27 heavy (non-hydrogen) atoms. The highest BCUT2D eigenvalue weighted by atomic mass is 19.1. The Labute approximate surface area is 156 Å². The van der Waals surface area contributed by atoms with Gasteiger partial charge in [-0.1, -0.05) is 12.1 Å². The number of urea groups is 1. The van der Waals surface area contributed by atoms with Crippen LogP contribution < -0.4 is 15.5 Å². The third-order valence-corrected chi connectivity index (χ3v) is 4.39. The van der Waals surface area contributed by atoms with Crippen molar-refractivity contribution in [3.63, 3.8) is 0 Å². The van der Waals surface area contributed by atoms with Gasteiger partial charge in [0.15, 0.2) is 11.6 Å². The van der Waals surface area contributed by atoms with Crippen LogP contribution in [0, 0.1) is 12.7 Å². The van der Waals surface area contributed by atoms with Crippen molar-refractivity contribution >= 4 is 23.2 Å². The van der Waals surface area contributed by atoms with Crippen LogP contribution in [0.2, 0.25) is 0 Å². The summed E-state index contributed by atoms with van der Waals surface area (Å²) in [5.74, 6) is 0.948. The van der Waals surface area contributed by atoms with Crippen LogP contribution in [0.3, 0.4) is 0 Å². The van der Waals surface area contributed by atoms with Gasteiger partial charge in [0.2, 0.25) is 5.65 Å². The predicted molar refractivity (Wildman–Crippen MR) is 101 cm³/mol. The summed E-state index contributed by atoms with van der Waals surface area (Å²) in [6, 6.07) is 7.71. The molecule has 0 radical (unpaired) electrons. The molecule has 2 amide bonds. The first-order chi connectivity index (χ1) is 12.9. The highest BCUT2D eigenvalue weighted by molar-refractivity contribution is 5.93. The van der Waals surface area contributed by atoms with Crippen molar-refractivity contribution in [3.8, 4) is 0 Å². The Hall–Kier alpha value is -3.23. The van der Waals surface area contributed by atoms with E-state index in [1.165, 1.54) is 12.1 Å². The number of amides is 2. The standard InChI is InChI=1S/C18H22FN7O/c1-5-20-18(27)21-15-10-16(24-26-12(3)22-23-17(15)26)25(4)11(2)13-6-8-14(19)9-7-13/h6-11H,5H2,1-4H3,(H2,20,21,27). The molecule has 142 valence electrons. The number of fused-ring (bicyclic) bond motifs is 1. The lowest BCUT2D eigenvalue weighted by Crippen LogP contribution is -2.29. The minimum atomic E-state index is -0.327.